The van der Waals surface area contributed by atoms with Crippen LogP contribution in [0.5, 0.6) is 0 Å². The molecule has 53 valence electrons. The van der Waals surface area contributed by atoms with Crippen molar-refractivity contribution in [3.05, 3.63) is 42.8 Å². The Morgan fingerprint density at radius 3 is 2.40 bits per heavy atom. The van der Waals surface area contributed by atoms with Crippen LogP contribution in [0.1, 0.15) is 24.8 Å². The highest BCUT2D eigenvalue weighted by Gasteiger charge is 1.99. The summed E-state index contributed by atoms with van der Waals surface area (Å²) < 4.78 is 0. The van der Waals surface area contributed by atoms with Gasteiger partial charge in [-0.1, -0.05) is 37.3 Å². The van der Waals surface area contributed by atoms with Gasteiger partial charge in [0.05, 0.1) is 0 Å². The van der Waals surface area contributed by atoms with Crippen molar-refractivity contribution in [2.75, 3.05) is 0 Å². The summed E-state index contributed by atoms with van der Waals surface area (Å²) in [5.74, 6) is 0.459. The van der Waals surface area contributed by atoms with Crippen molar-refractivity contribution in [3.8, 4) is 0 Å². The summed E-state index contributed by atoms with van der Waals surface area (Å²) in [6.45, 7) is 6.18. The molecule has 1 aromatic rings. The van der Waals surface area contributed by atoms with Crippen molar-refractivity contribution >= 4 is 0 Å². The average molecular weight is 133 g/mol. The molecule has 0 saturated carbocycles. The first-order valence-electron chi connectivity index (χ1n) is 3.72. The Morgan fingerprint density at radius 2 is 1.90 bits per heavy atom. The van der Waals surface area contributed by atoms with E-state index in [9.17, 15) is 0 Å². The van der Waals surface area contributed by atoms with E-state index in [4.69, 9.17) is 0 Å². The predicted molar refractivity (Wildman–Crippen MR) is 44.8 cm³/mol. The fourth-order valence-corrected chi connectivity index (χ4v) is 0.961. The fraction of sp³-hybridized carbons (Fsp3) is 0.300. The Balaban J connectivity index is 2.75. The minimum atomic E-state index is 0.459. The summed E-state index contributed by atoms with van der Waals surface area (Å²) in [7, 11) is 0. The third kappa shape index (κ3) is 1.60. The molecule has 0 aliphatic rings. The van der Waals surface area contributed by atoms with E-state index < -0.39 is 0 Å². The van der Waals surface area contributed by atoms with E-state index in [1.807, 2.05) is 6.07 Å². The first-order chi connectivity index (χ1) is 4.84. The summed E-state index contributed by atoms with van der Waals surface area (Å²) in [6.07, 6.45) is 1.12. The molecule has 0 heteroatoms. The summed E-state index contributed by atoms with van der Waals surface area (Å²) in [6, 6.07) is 10.4. The lowest BCUT2D eigenvalue weighted by molar-refractivity contribution is 0.802. The second-order valence-electron chi connectivity index (χ2n) is 2.52. The Hall–Kier alpha value is -0.780. The highest BCUT2D eigenvalue weighted by atomic mass is 14.0. The minimum absolute atomic E-state index is 0.459. The molecule has 0 aliphatic heterocycles. The standard InChI is InChI=1S/C10H13/c1-3-9(2)10-7-5-4-6-8-10/h4-9H,2-3H2,1H3/t9-/m1/s1. The van der Waals surface area contributed by atoms with Gasteiger partial charge in [0.2, 0.25) is 0 Å². The van der Waals surface area contributed by atoms with Crippen LogP contribution >= 0.6 is 0 Å². The molecule has 0 N–H and O–H groups in total. The number of benzene rings is 1. The molecule has 0 aromatic heterocycles. The predicted octanol–water partition coefficient (Wildman–Crippen LogP) is 3.01. The summed E-state index contributed by atoms with van der Waals surface area (Å²) in [4.78, 5) is 0. The highest BCUT2D eigenvalue weighted by molar-refractivity contribution is 5.19. The van der Waals surface area contributed by atoms with Gasteiger partial charge in [-0.3, -0.25) is 0 Å². The molecule has 0 saturated heterocycles. The third-order valence-corrected chi connectivity index (χ3v) is 1.76. The van der Waals surface area contributed by atoms with Gasteiger partial charge in [-0.25, -0.2) is 0 Å². The van der Waals surface area contributed by atoms with Crippen LogP contribution in [0.25, 0.3) is 0 Å². The normalized spacial score (nSPS) is 13.0. The molecule has 1 aromatic carbocycles. The van der Waals surface area contributed by atoms with Gasteiger partial charge in [0.15, 0.2) is 0 Å². The molecule has 0 nitrogen and oxygen atoms in total. The summed E-state index contributed by atoms with van der Waals surface area (Å²) in [5.41, 5.74) is 1.34. The Labute approximate surface area is 62.9 Å². The SMILES string of the molecule is [CH2][C@H](CC)c1ccccc1. The maximum atomic E-state index is 4.03. The lowest BCUT2D eigenvalue weighted by Gasteiger charge is -2.06. The maximum Gasteiger partial charge on any atom is -0.0164 e. The zero-order valence-corrected chi connectivity index (χ0v) is 6.38. The van der Waals surface area contributed by atoms with Crippen molar-refractivity contribution in [2.24, 2.45) is 0 Å². The Morgan fingerprint density at radius 1 is 1.30 bits per heavy atom. The zero-order chi connectivity index (χ0) is 7.40. The molecule has 10 heavy (non-hydrogen) atoms. The van der Waals surface area contributed by atoms with E-state index in [-0.39, 0.29) is 0 Å². The van der Waals surface area contributed by atoms with Crippen LogP contribution in [-0.4, -0.2) is 0 Å². The number of hydrogen-bond donors (Lipinski definition) is 0. The molecule has 1 radical (unpaired) electrons. The van der Waals surface area contributed by atoms with Crippen LogP contribution in [0.4, 0.5) is 0 Å². The maximum absolute atomic E-state index is 4.03. The second kappa shape index (κ2) is 3.40. The summed E-state index contributed by atoms with van der Waals surface area (Å²) >= 11 is 0. The van der Waals surface area contributed by atoms with Crippen molar-refractivity contribution in [1.29, 1.82) is 0 Å². The first kappa shape index (κ1) is 7.33. The van der Waals surface area contributed by atoms with E-state index in [0.29, 0.717) is 5.92 Å². The monoisotopic (exact) mass is 133 g/mol. The largest absolute Gasteiger partial charge is 0.0648 e. The smallest absolute Gasteiger partial charge is 0.0164 e. The molecule has 0 unspecified atom stereocenters. The first-order valence-corrected chi connectivity index (χ1v) is 3.72. The van der Waals surface area contributed by atoms with Gasteiger partial charge in [-0.15, -0.1) is 0 Å². The van der Waals surface area contributed by atoms with Gasteiger partial charge in [-0.05, 0) is 24.8 Å². The van der Waals surface area contributed by atoms with Crippen LogP contribution in [-0.2, 0) is 0 Å². The second-order valence-corrected chi connectivity index (χ2v) is 2.52. The molecule has 0 spiro atoms. The molecule has 0 fully saturated rings. The van der Waals surface area contributed by atoms with Crippen LogP contribution < -0.4 is 0 Å². The molecule has 1 atom stereocenters. The lowest BCUT2D eigenvalue weighted by Crippen LogP contribution is -1.89. The van der Waals surface area contributed by atoms with Crippen molar-refractivity contribution in [2.45, 2.75) is 19.3 Å². The van der Waals surface area contributed by atoms with E-state index in [0.717, 1.165) is 6.42 Å². The Bertz CT molecular complexity index is 176. The van der Waals surface area contributed by atoms with Crippen LogP contribution in [0.3, 0.4) is 0 Å². The van der Waals surface area contributed by atoms with Crippen LogP contribution in [0.15, 0.2) is 30.3 Å². The minimum Gasteiger partial charge on any atom is -0.0648 e. The van der Waals surface area contributed by atoms with Gasteiger partial charge in [0.25, 0.3) is 0 Å². The number of hydrogen-bond acceptors (Lipinski definition) is 0. The molecule has 1 rings (SSSR count). The molecule has 0 amide bonds. The van der Waals surface area contributed by atoms with E-state index >= 15 is 0 Å². The van der Waals surface area contributed by atoms with Crippen LogP contribution in [0, 0.1) is 6.92 Å². The molecule has 0 heterocycles. The molecule has 0 aliphatic carbocycles. The van der Waals surface area contributed by atoms with Crippen molar-refractivity contribution in [1.82, 2.24) is 0 Å². The topological polar surface area (TPSA) is 0 Å². The average Bonchev–Trinajstić information content (AvgIpc) is 2.05. The molecular weight excluding hydrogens is 120 g/mol. The van der Waals surface area contributed by atoms with E-state index in [2.05, 4.69) is 38.1 Å². The lowest BCUT2D eigenvalue weighted by atomic mass is 9.99. The Kier molecular flexibility index (Phi) is 2.49. The van der Waals surface area contributed by atoms with Gasteiger partial charge < -0.3 is 0 Å². The van der Waals surface area contributed by atoms with E-state index in [1.54, 1.807) is 0 Å². The van der Waals surface area contributed by atoms with Crippen molar-refractivity contribution < 1.29 is 0 Å². The zero-order valence-electron chi connectivity index (χ0n) is 6.38. The van der Waals surface area contributed by atoms with Gasteiger partial charge >= 0.3 is 0 Å². The van der Waals surface area contributed by atoms with Crippen LogP contribution in [0.2, 0.25) is 0 Å². The molecular formula is C10H13. The quantitative estimate of drug-likeness (QED) is 0.581. The highest BCUT2D eigenvalue weighted by Crippen LogP contribution is 2.16. The van der Waals surface area contributed by atoms with E-state index in [1.165, 1.54) is 5.56 Å². The van der Waals surface area contributed by atoms with Gasteiger partial charge in [0, 0.05) is 0 Å². The molecule has 0 bridgehead atoms. The third-order valence-electron chi connectivity index (χ3n) is 1.76. The fourth-order valence-electron chi connectivity index (χ4n) is 0.961. The van der Waals surface area contributed by atoms with Gasteiger partial charge in [0.1, 0.15) is 0 Å². The van der Waals surface area contributed by atoms with Crippen molar-refractivity contribution in [3.63, 3.8) is 0 Å². The summed E-state index contributed by atoms with van der Waals surface area (Å²) in [5, 5.41) is 0. The van der Waals surface area contributed by atoms with Gasteiger partial charge in [-0.2, -0.15) is 0 Å². The number of rotatable bonds is 2.